The second-order valence-electron chi connectivity index (χ2n) is 10.5. The fourth-order valence-electron chi connectivity index (χ4n) is 5.90. The van der Waals surface area contributed by atoms with Gasteiger partial charge in [-0.3, -0.25) is 0 Å². The molecule has 1 aliphatic heterocycles. The molecule has 0 saturated carbocycles. The van der Waals surface area contributed by atoms with E-state index in [2.05, 4.69) is 74.1 Å². The lowest BCUT2D eigenvalue weighted by Gasteiger charge is -2.39. The van der Waals surface area contributed by atoms with Gasteiger partial charge in [0.15, 0.2) is 0 Å². The van der Waals surface area contributed by atoms with Gasteiger partial charge in [-0.05, 0) is 61.9 Å². The number of hydrogen-bond donors (Lipinski definition) is 0. The Hall–Kier alpha value is -1.54. The minimum absolute atomic E-state index is 0.0583. The molecule has 0 amide bonds. The molecule has 0 spiro atoms. The van der Waals surface area contributed by atoms with Gasteiger partial charge in [-0.1, -0.05) is 87.2 Å². The van der Waals surface area contributed by atoms with E-state index in [9.17, 15) is 0 Å². The maximum Gasteiger partial charge on any atom is 0.122 e. The molecule has 29 heavy (non-hydrogen) atoms. The summed E-state index contributed by atoms with van der Waals surface area (Å²) in [5, 5.41) is 1.58. The van der Waals surface area contributed by atoms with E-state index in [-0.39, 0.29) is 5.41 Å². The lowest BCUT2D eigenvalue weighted by Crippen LogP contribution is -2.51. The first-order chi connectivity index (χ1) is 13.5. The summed E-state index contributed by atoms with van der Waals surface area (Å²) in [7, 11) is -1.80. The van der Waals surface area contributed by atoms with E-state index in [0.717, 1.165) is 0 Å². The Kier molecular flexibility index (Phi) is 6.07. The summed E-state index contributed by atoms with van der Waals surface area (Å²) in [6.45, 7) is 23.2. The van der Waals surface area contributed by atoms with Gasteiger partial charge in [0.05, 0.1) is 0 Å². The van der Waals surface area contributed by atoms with E-state index in [4.69, 9.17) is 4.74 Å². The average Bonchev–Trinajstić information content (AvgIpc) is 3.20. The normalized spacial score (nSPS) is 20.0. The van der Waals surface area contributed by atoms with Crippen LogP contribution in [0.4, 0.5) is 0 Å². The number of allylic oxidation sites excluding steroid dienone is 4. The molecule has 2 heteroatoms. The molecule has 0 N–H and O–H groups in total. The van der Waals surface area contributed by atoms with Crippen LogP contribution in [0.3, 0.4) is 0 Å². The zero-order valence-electron chi connectivity index (χ0n) is 20.0. The molecule has 1 aromatic rings. The summed E-state index contributed by atoms with van der Waals surface area (Å²) < 4.78 is 6.50. The third kappa shape index (κ3) is 3.69. The monoisotopic (exact) mass is 408 g/mol. The van der Waals surface area contributed by atoms with Crippen molar-refractivity contribution in [1.29, 1.82) is 0 Å². The van der Waals surface area contributed by atoms with Crippen molar-refractivity contribution < 1.29 is 4.74 Å². The Morgan fingerprint density at radius 2 is 1.55 bits per heavy atom. The molecule has 1 aliphatic carbocycles. The lowest BCUT2D eigenvalue weighted by molar-refractivity contribution is 0.353. The van der Waals surface area contributed by atoms with Crippen molar-refractivity contribution in [3.05, 3.63) is 58.2 Å². The molecule has 3 rings (SSSR count). The molecule has 0 atom stereocenters. The summed E-state index contributed by atoms with van der Waals surface area (Å²) in [6, 6.07) is 7.61. The van der Waals surface area contributed by atoms with E-state index in [0.29, 0.717) is 12.1 Å². The number of aryl methyl sites for hydroxylation is 1. The standard InChI is InChI=1S/C27H40OSi/c1-10-13-28-25-23(27(7,8)9)16-18(2)17-24(25)29(14-11-12-15-29)26-21(5)19(3)20(4)22(26)6/h10,16-17,26H,1,11-15H2,2-9H3. The lowest BCUT2D eigenvalue weighted by atomic mass is 9.85. The number of rotatable bonds is 5. The Balaban J connectivity index is 2.31. The zero-order chi connectivity index (χ0) is 21.6. The van der Waals surface area contributed by atoms with Crippen LogP contribution in [-0.2, 0) is 5.41 Å². The minimum Gasteiger partial charge on any atom is -0.489 e. The van der Waals surface area contributed by atoms with Gasteiger partial charge in [0.25, 0.3) is 0 Å². The van der Waals surface area contributed by atoms with Crippen LogP contribution in [0.5, 0.6) is 5.75 Å². The highest BCUT2D eigenvalue weighted by molar-refractivity contribution is 6.95. The predicted octanol–water partition coefficient (Wildman–Crippen LogP) is 7.36. The van der Waals surface area contributed by atoms with E-state index in [1.165, 1.54) is 53.0 Å². The summed E-state index contributed by atoms with van der Waals surface area (Å²) in [5.74, 6) is 1.18. The van der Waals surface area contributed by atoms with E-state index in [1.807, 2.05) is 6.08 Å². The molecule has 0 bridgehead atoms. The van der Waals surface area contributed by atoms with Crippen LogP contribution in [0.25, 0.3) is 0 Å². The third-order valence-corrected chi connectivity index (χ3v) is 13.5. The fraction of sp³-hybridized carbons (Fsp3) is 0.556. The van der Waals surface area contributed by atoms with Gasteiger partial charge in [-0.15, -0.1) is 0 Å². The van der Waals surface area contributed by atoms with E-state index < -0.39 is 8.07 Å². The molecule has 0 aromatic heterocycles. The van der Waals surface area contributed by atoms with Gasteiger partial charge >= 0.3 is 0 Å². The van der Waals surface area contributed by atoms with Crippen molar-refractivity contribution in [2.75, 3.05) is 6.61 Å². The maximum atomic E-state index is 6.50. The first-order valence-electron chi connectivity index (χ1n) is 11.3. The molecule has 0 unspecified atom stereocenters. The number of hydrogen-bond acceptors (Lipinski definition) is 1. The van der Waals surface area contributed by atoms with Gasteiger partial charge < -0.3 is 4.74 Å². The van der Waals surface area contributed by atoms with Crippen molar-refractivity contribution in [2.45, 2.75) is 91.3 Å². The van der Waals surface area contributed by atoms with Crippen molar-refractivity contribution in [1.82, 2.24) is 0 Å². The van der Waals surface area contributed by atoms with Crippen LogP contribution in [0.1, 0.15) is 72.4 Å². The van der Waals surface area contributed by atoms with Gasteiger partial charge in [0.2, 0.25) is 0 Å². The SMILES string of the molecule is C=CCOc1c(C(C)(C)C)cc(C)cc1[Si]1(C2C(C)=C(C)C(C)=C2C)CCCC1. The van der Waals surface area contributed by atoms with Gasteiger partial charge in [-0.2, -0.15) is 0 Å². The molecule has 1 aromatic carbocycles. The predicted molar refractivity (Wildman–Crippen MR) is 130 cm³/mol. The second-order valence-corrected chi connectivity index (χ2v) is 14.9. The Morgan fingerprint density at radius 3 is 2.03 bits per heavy atom. The second kappa shape index (κ2) is 7.94. The summed E-state index contributed by atoms with van der Waals surface area (Å²) in [4.78, 5) is 0. The highest BCUT2D eigenvalue weighted by Gasteiger charge is 2.50. The molecule has 158 valence electrons. The Morgan fingerprint density at radius 1 is 1.00 bits per heavy atom. The molecule has 0 radical (unpaired) electrons. The van der Waals surface area contributed by atoms with Gasteiger partial charge in [0.1, 0.15) is 20.4 Å². The molecule has 1 heterocycles. The average molecular weight is 409 g/mol. The summed E-state index contributed by atoms with van der Waals surface area (Å²) in [6.07, 6.45) is 4.61. The van der Waals surface area contributed by atoms with Crippen LogP contribution in [0.15, 0.2) is 47.1 Å². The summed E-state index contributed by atoms with van der Waals surface area (Å²) >= 11 is 0. The molecule has 1 nitrogen and oxygen atoms in total. The van der Waals surface area contributed by atoms with Crippen LogP contribution in [0, 0.1) is 6.92 Å². The topological polar surface area (TPSA) is 9.23 Å². The fourth-order valence-corrected chi connectivity index (χ4v) is 12.6. The molecule has 2 aliphatic rings. The first kappa shape index (κ1) is 22.1. The third-order valence-electron chi connectivity index (χ3n) is 7.58. The van der Waals surface area contributed by atoms with Gasteiger partial charge in [0, 0.05) is 5.54 Å². The Labute approximate surface area is 180 Å². The van der Waals surface area contributed by atoms with E-state index >= 15 is 0 Å². The molecular weight excluding hydrogens is 368 g/mol. The van der Waals surface area contributed by atoms with Crippen molar-refractivity contribution >= 4 is 13.3 Å². The molecule has 1 fully saturated rings. The van der Waals surface area contributed by atoms with E-state index in [1.54, 1.807) is 16.3 Å². The summed E-state index contributed by atoms with van der Waals surface area (Å²) in [5.41, 5.74) is 9.75. The van der Waals surface area contributed by atoms with Crippen LogP contribution in [0.2, 0.25) is 17.6 Å². The van der Waals surface area contributed by atoms with Gasteiger partial charge in [-0.25, -0.2) is 0 Å². The largest absolute Gasteiger partial charge is 0.489 e. The molecule has 1 saturated heterocycles. The smallest absolute Gasteiger partial charge is 0.122 e. The number of ether oxygens (including phenoxy) is 1. The van der Waals surface area contributed by atoms with Crippen molar-refractivity contribution in [2.24, 2.45) is 0 Å². The van der Waals surface area contributed by atoms with Crippen LogP contribution < -0.4 is 9.92 Å². The maximum absolute atomic E-state index is 6.50. The van der Waals surface area contributed by atoms with Crippen molar-refractivity contribution in [3.8, 4) is 5.75 Å². The minimum atomic E-state index is -1.80. The Bertz CT molecular complexity index is 849. The van der Waals surface area contributed by atoms with Crippen LogP contribution in [-0.4, -0.2) is 14.7 Å². The highest BCUT2D eigenvalue weighted by atomic mass is 28.3. The van der Waals surface area contributed by atoms with Crippen molar-refractivity contribution in [3.63, 3.8) is 0 Å². The number of benzene rings is 1. The zero-order valence-corrected chi connectivity index (χ0v) is 21.0. The quantitative estimate of drug-likeness (QED) is 0.365. The van der Waals surface area contributed by atoms with Crippen LogP contribution >= 0.6 is 0 Å². The highest BCUT2D eigenvalue weighted by Crippen LogP contribution is 2.53. The molecular formula is C27H40OSi. The first-order valence-corrected chi connectivity index (χ1v) is 13.8.